The molecule has 5 heteroatoms. The Labute approximate surface area is 138 Å². The Hall–Kier alpha value is -3.34. The molecule has 2 aromatic carbocycles. The van der Waals surface area contributed by atoms with Crippen molar-refractivity contribution in [3.63, 3.8) is 0 Å². The molecule has 0 aliphatic carbocycles. The fraction of sp³-hybridized carbons (Fsp3) is 0.0526. The SMILES string of the molecule is COc1ccc2cc(NC(=O)/C=C/c3ccccc3)c(=O)oc2c1. The lowest BCUT2D eigenvalue weighted by Crippen LogP contribution is -2.15. The second-order valence-corrected chi connectivity index (χ2v) is 5.08. The maximum absolute atomic E-state index is 12.0. The molecule has 0 atom stereocenters. The molecule has 3 rings (SSSR count). The van der Waals surface area contributed by atoms with Gasteiger partial charge in [-0.3, -0.25) is 4.79 Å². The van der Waals surface area contributed by atoms with E-state index in [-0.39, 0.29) is 5.69 Å². The minimum Gasteiger partial charge on any atom is -0.497 e. The average Bonchev–Trinajstić information content (AvgIpc) is 2.61. The summed E-state index contributed by atoms with van der Waals surface area (Å²) in [5, 5.41) is 3.23. The summed E-state index contributed by atoms with van der Waals surface area (Å²) in [5.74, 6) is 0.187. The van der Waals surface area contributed by atoms with Crippen LogP contribution >= 0.6 is 0 Å². The van der Waals surface area contributed by atoms with Crippen molar-refractivity contribution < 1.29 is 13.9 Å². The number of benzene rings is 2. The number of amides is 1. The Balaban J connectivity index is 1.82. The van der Waals surface area contributed by atoms with Gasteiger partial charge in [-0.1, -0.05) is 30.3 Å². The lowest BCUT2D eigenvalue weighted by molar-refractivity contribution is -0.111. The van der Waals surface area contributed by atoms with Crippen molar-refractivity contribution in [3.05, 3.63) is 76.7 Å². The van der Waals surface area contributed by atoms with Crippen molar-refractivity contribution in [1.29, 1.82) is 0 Å². The zero-order valence-corrected chi connectivity index (χ0v) is 13.0. The molecule has 0 radical (unpaired) electrons. The molecule has 1 aromatic heterocycles. The maximum Gasteiger partial charge on any atom is 0.360 e. The first kappa shape index (κ1) is 15.6. The van der Waals surface area contributed by atoms with Gasteiger partial charge >= 0.3 is 5.63 Å². The molecule has 1 amide bonds. The van der Waals surface area contributed by atoms with Crippen LogP contribution in [0.2, 0.25) is 0 Å². The fourth-order valence-electron chi connectivity index (χ4n) is 2.22. The third-order valence-corrected chi connectivity index (χ3v) is 3.43. The number of anilines is 1. The molecule has 0 unspecified atom stereocenters. The number of nitrogens with one attached hydrogen (secondary N) is 1. The largest absolute Gasteiger partial charge is 0.497 e. The van der Waals surface area contributed by atoms with E-state index in [0.29, 0.717) is 16.7 Å². The van der Waals surface area contributed by atoms with E-state index in [1.807, 2.05) is 30.3 Å². The highest BCUT2D eigenvalue weighted by Crippen LogP contribution is 2.21. The number of rotatable bonds is 4. The molecule has 120 valence electrons. The second kappa shape index (κ2) is 6.83. The summed E-state index contributed by atoms with van der Waals surface area (Å²) in [5.41, 5.74) is 0.773. The molecule has 5 nitrogen and oxygen atoms in total. The Kier molecular flexibility index (Phi) is 4.43. The molecule has 1 N–H and O–H groups in total. The molecule has 0 fully saturated rings. The summed E-state index contributed by atoms with van der Waals surface area (Å²) < 4.78 is 10.3. The molecule has 0 saturated carbocycles. The van der Waals surface area contributed by atoms with Crippen LogP contribution in [-0.4, -0.2) is 13.0 Å². The van der Waals surface area contributed by atoms with E-state index in [1.165, 1.54) is 13.2 Å². The Morgan fingerprint density at radius 3 is 2.67 bits per heavy atom. The number of fused-ring (bicyclic) bond motifs is 1. The fourth-order valence-corrected chi connectivity index (χ4v) is 2.22. The van der Waals surface area contributed by atoms with Crippen LogP contribution in [-0.2, 0) is 4.79 Å². The number of hydrogen-bond acceptors (Lipinski definition) is 4. The van der Waals surface area contributed by atoms with Gasteiger partial charge in [0.25, 0.3) is 0 Å². The van der Waals surface area contributed by atoms with Crippen LogP contribution in [0.4, 0.5) is 5.69 Å². The predicted molar refractivity (Wildman–Crippen MR) is 93.1 cm³/mol. The third kappa shape index (κ3) is 3.52. The summed E-state index contributed by atoms with van der Waals surface area (Å²) in [6, 6.07) is 16.1. The number of methoxy groups -OCH3 is 1. The second-order valence-electron chi connectivity index (χ2n) is 5.08. The highest BCUT2D eigenvalue weighted by atomic mass is 16.5. The van der Waals surface area contributed by atoms with Gasteiger partial charge in [-0.15, -0.1) is 0 Å². The van der Waals surface area contributed by atoms with Gasteiger partial charge in [0.1, 0.15) is 17.0 Å². The van der Waals surface area contributed by atoms with Crippen LogP contribution in [0.25, 0.3) is 17.0 Å². The van der Waals surface area contributed by atoms with Crippen molar-refractivity contribution in [2.45, 2.75) is 0 Å². The first-order chi connectivity index (χ1) is 11.7. The third-order valence-electron chi connectivity index (χ3n) is 3.43. The average molecular weight is 321 g/mol. The highest BCUT2D eigenvalue weighted by Gasteiger charge is 2.08. The molecule has 0 aliphatic rings. The van der Waals surface area contributed by atoms with Crippen molar-refractivity contribution in [2.75, 3.05) is 12.4 Å². The lowest BCUT2D eigenvalue weighted by Gasteiger charge is -2.04. The van der Waals surface area contributed by atoms with E-state index >= 15 is 0 Å². The summed E-state index contributed by atoms with van der Waals surface area (Å²) >= 11 is 0. The summed E-state index contributed by atoms with van der Waals surface area (Å²) in [6.07, 6.45) is 3.04. The van der Waals surface area contributed by atoms with Gasteiger partial charge in [0.15, 0.2) is 0 Å². The monoisotopic (exact) mass is 321 g/mol. The molecule has 1 heterocycles. The van der Waals surface area contributed by atoms with Crippen LogP contribution < -0.4 is 15.7 Å². The predicted octanol–water partition coefficient (Wildman–Crippen LogP) is 3.45. The smallest absolute Gasteiger partial charge is 0.360 e. The summed E-state index contributed by atoms with van der Waals surface area (Å²) in [6.45, 7) is 0. The number of ether oxygens (including phenoxy) is 1. The Morgan fingerprint density at radius 1 is 1.12 bits per heavy atom. The van der Waals surface area contributed by atoms with Gasteiger partial charge in [0.05, 0.1) is 7.11 Å². The number of carbonyl (C=O) groups is 1. The van der Waals surface area contributed by atoms with Crippen LogP contribution in [0.3, 0.4) is 0 Å². The normalized spacial score (nSPS) is 10.9. The van der Waals surface area contributed by atoms with E-state index in [2.05, 4.69) is 5.32 Å². The number of carbonyl (C=O) groups excluding carboxylic acids is 1. The molecular weight excluding hydrogens is 306 g/mol. The van der Waals surface area contributed by atoms with Crippen LogP contribution in [0.15, 0.2) is 69.9 Å². The van der Waals surface area contributed by atoms with E-state index in [9.17, 15) is 9.59 Å². The minimum absolute atomic E-state index is 0.0929. The first-order valence-electron chi connectivity index (χ1n) is 7.32. The molecule has 3 aromatic rings. The standard InChI is InChI=1S/C19H15NO4/c1-23-15-9-8-14-11-16(19(22)24-17(14)12-15)20-18(21)10-7-13-5-3-2-4-6-13/h2-12H,1H3,(H,20,21)/b10-7+. The molecule has 0 spiro atoms. The summed E-state index contributed by atoms with van der Waals surface area (Å²) in [7, 11) is 1.53. The van der Waals surface area contributed by atoms with E-state index < -0.39 is 11.5 Å². The Bertz CT molecular complexity index is 958. The van der Waals surface area contributed by atoms with Crippen LogP contribution in [0.5, 0.6) is 5.75 Å². The molecule has 24 heavy (non-hydrogen) atoms. The van der Waals surface area contributed by atoms with Crippen molar-refractivity contribution in [2.24, 2.45) is 0 Å². The van der Waals surface area contributed by atoms with Crippen LogP contribution in [0, 0.1) is 0 Å². The molecule has 0 saturated heterocycles. The Morgan fingerprint density at radius 2 is 1.92 bits per heavy atom. The lowest BCUT2D eigenvalue weighted by atomic mass is 10.2. The topological polar surface area (TPSA) is 68.5 Å². The van der Waals surface area contributed by atoms with E-state index in [1.54, 1.807) is 30.3 Å². The number of hydrogen-bond donors (Lipinski definition) is 1. The van der Waals surface area contributed by atoms with Crippen molar-refractivity contribution in [3.8, 4) is 5.75 Å². The summed E-state index contributed by atoms with van der Waals surface area (Å²) in [4.78, 5) is 24.0. The van der Waals surface area contributed by atoms with Gasteiger partial charge in [0.2, 0.25) is 5.91 Å². The quantitative estimate of drug-likeness (QED) is 0.590. The van der Waals surface area contributed by atoms with E-state index in [0.717, 1.165) is 5.56 Å². The van der Waals surface area contributed by atoms with Crippen LogP contribution in [0.1, 0.15) is 5.56 Å². The zero-order chi connectivity index (χ0) is 16.9. The van der Waals surface area contributed by atoms with Crippen molar-refractivity contribution >= 4 is 28.6 Å². The van der Waals surface area contributed by atoms with E-state index in [4.69, 9.17) is 9.15 Å². The molecule has 0 bridgehead atoms. The molecular formula is C19H15NO4. The maximum atomic E-state index is 12.0. The first-order valence-corrected chi connectivity index (χ1v) is 7.32. The van der Waals surface area contributed by atoms with Gasteiger partial charge < -0.3 is 14.5 Å². The van der Waals surface area contributed by atoms with Gasteiger partial charge in [-0.25, -0.2) is 4.79 Å². The van der Waals surface area contributed by atoms with Crippen molar-refractivity contribution in [1.82, 2.24) is 0 Å². The zero-order valence-electron chi connectivity index (χ0n) is 13.0. The molecule has 0 aliphatic heterocycles. The van der Waals surface area contributed by atoms with Gasteiger partial charge in [-0.05, 0) is 29.8 Å². The minimum atomic E-state index is -0.614. The van der Waals surface area contributed by atoms with Gasteiger partial charge in [-0.2, -0.15) is 0 Å². The highest BCUT2D eigenvalue weighted by molar-refractivity contribution is 6.02. The van der Waals surface area contributed by atoms with Gasteiger partial charge in [0, 0.05) is 17.5 Å².